The van der Waals surface area contributed by atoms with E-state index in [9.17, 15) is 4.79 Å². The number of carbonyl (C=O) groups is 1. The lowest BCUT2D eigenvalue weighted by Crippen LogP contribution is -2.14. The third-order valence-electron chi connectivity index (χ3n) is 3.96. The second-order valence-corrected chi connectivity index (χ2v) is 6.55. The molecule has 1 heterocycles. The highest BCUT2D eigenvalue weighted by molar-refractivity contribution is 5.95. The summed E-state index contributed by atoms with van der Waals surface area (Å²) in [4.78, 5) is 12.4. The zero-order valence-electron chi connectivity index (χ0n) is 14.8. The number of nitrogens with one attached hydrogen (secondary N) is 1. The maximum Gasteiger partial charge on any atom is 0.228 e. The Balaban J connectivity index is 1.66. The maximum atomic E-state index is 12.4. The van der Waals surface area contributed by atoms with Crippen LogP contribution in [0.25, 0.3) is 11.0 Å². The molecule has 130 valence electrons. The topological polar surface area (TPSA) is 51.5 Å². The molecule has 0 saturated heterocycles. The third kappa shape index (κ3) is 4.48. The standard InChI is InChI=1S/C21H23NO3/c1-14(2)24-12-16-5-4-6-18(10-16)22-21(23)11-17-13-25-20-9-15(3)7-8-19(17)20/h4-10,13-14H,11-12H2,1-3H3,(H,22,23). The SMILES string of the molecule is Cc1ccc2c(CC(=O)Nc3cccc(COC(C)C)c3)coc2c1. The molecule has 1 N–H and O–H groups in total. The molecule has 0 bridgehead atoms. The van der Waals surface area contributed by atoms with Gasteiger partial charge in [-0.1, -0.05) is 24.3 Å². The molecule has 0 fully saturated rings. The number of fused-ring (bicyclic) bond motifs is 1. The molecule has 3 aromatic rings. The van der Waals surface area contributed by atoms with Crippen LogP contribution in [0.3, 0.4) is 0 Å². The van der Waals surface area contributed by atoms with E-state index >= 15 is 0 Å². The molecule has 0 atom stereocenters. The van der Waals surface area contributed by atoms with Crippen molar-refractivity contribution in [2.24, 2.45) is 0 Å². The highest BCUT2D eigenvalue weighted by atomic mass is 16.5. The fourth-order valence-corrected chi connectivity index (χ4v) is 2.71. The summed E-state index contributed by atoms with van der Waals surface area (Å²) in [5, 5.41) is 3.93. The van der Waals surface area contributed by atoms with Crippen LogP contribution >= 0.6 is 0 Å². The summed E-state index contributed by atoms with van der Waals surface area (Å²) in [5.74, 6) is -0.0646. The van der Waals surface area contributed by atoms with Crippen molar-refractivity contribution in [3.05, 3.63) is 65.4 Å². The normalized spacial score (nSPS) is 11.2. The molecule has 0 radical (unpaired) electrons. The van der Waals surface area contributed by atoms with Crippen molar-refractivity contribution < 1.29 is 13.9 Å². The van der Waals surface area contributed by atoms with Gasteiger partial charge in [-0.15, -0.1) is 0 Å². The van der Waals surface area contributed by atoms with Crippen LogP contribution in [0, 0.1) is 6.92 Å². The predicted molar refractivity (Wildman–Crippen MR) is 99.7 cm³/mol. The molecule has 4 heteroatoms. The number of hydrogen-bond acceptors (Lipinski definition) is 3. The minimum absolute atomic E-state index is 0.0646. The van der Waals surface area contributed by atoms with E-state index in [4.69, 9.17) is 9.15 Å². The second-order valence-electron chi connectivity index (χ2n) is 6.55. The van der Waals surface area contributed by atoms with E-state index in [1.54, 1.807) is 6.26 Å². The number of benzene rings is 2. The lowest BCUT2D eigenvalue weighted by molar-refractivity contribution is -0.115. The lowest BCUT2D eigenvalue weighted by Gasteiger charge is -2.10. The minimum atomic E-state index is -0.0646. The molecule has 0 unspecified atom stereocenters. The molecule has 4 nitrogen and oxygen atoms in total. The van der Waals surface area contributed by atoms with E-state index in [1.807, 2.05) is 63.2 Å². The molecular formula is C21H23NO3. The monoisotopic (exact) mass is 337 g/mol. The van der Waals surface area contributed by atoms with Gasteiger partial charge in [-0.2, -0.15) is 0 Å². The van der Waals surface area contributed by atoms with Gasteiger partial charge in [0.05, 0.1) is 25.4 Å². The first-order valence-electron chi connectivity index (χ1n) is 8.48. The Morgan fingerprint density at radius 3 is 2.84 bits per heavy atom. The summed E-state index contributed by atoms with van der Waals surface area (Å²) in [6.45, 7) is 6.56. The van der Waals surface area contributed by atoms with Crippen LogP contribution in [0.4, 0.5) is 5.69 Å². The fourth-order valence-electron chi connectivity index (χ4n) is 2.71. The number of amides is 1. The first-order valence-corrected chi connectivity index (χ1v) is 8.48. The summed E-state index contributed by atoms with van der Waals surface area (Å²) in [5.41, 5.74) is 4.66. The molecule has 1 amide bonds. The van der Waals surface area contributed by atoms with Gasteiger partial charge in [0.15, 0.2) is 0 Å². The van der Waals surface area contributed by atoms with E-state index in [1.165, 1.54) is 0 Å². The molecule has 2 aromatic carbocycles. The van der Waals surface area contributed by atoms with Gasteiger partial charge in [-0.25, -0.2) is 0 Å². The number of carbonyl (C=O) groups excluding carboxylic acids is 1. The van der Waals surface area contributed by atoms with Crippen molar-refractivity contribution >= 4 is 22.6 Å². The number of furan rings is 1. The first kappa shape index (κ1) is 17.2. The Labute approximate surface area is 147 Å². The van der Waals surface area contributed by atoms with E-state index in [-0.39, 0.29) is 18.4 Å². The van der Waals surface area contributed by atoms with Crippen molar-refractivity contribution in [1.82, 2.24) is 0 Å². The highest BCUT2D eigenvalue weighted by Crippen LogP contribution is 2.23. The van der Waals surface area contributed by atoms with Crippen molar-refractivity contribution in [2.75, 3.05) is 5.32 Å². The van der Waals surface area contributed by atoms with Crippen molar-refractivity contribution in [2.45, 2.75) is 39.9 Å². The van der Waals surface area contributed by atoms with Crippen molar-refractivity contribution in [3.63, 3.8) is 0 Å². The van der Waals surface area contributed by atoms with Gasteiger partial charge in [0.25, 0.3) is 0 Å². The van der Waals surface area contributed by atoms with Gasteiger partial charge < -0.3 is 14.5 Å². The van der Waals surface area contributed by atoms with E-state index < -0.39 is 0 Å². The molecular weight excluding hydrogens is 314 g/mol. The van der Waals surface area contributed by atoms with E-state index in [0.717, 1.165) is 33.3 Å². The van der Waals surface area contributed by atoms with E-state index in [2.05, 4.69) is 5.32 Å². The lowest BCUT2D eigenvalue weighted by atomic mass is 10.1. The molecule has 0 aliphatic heterocycles. The first-order chi connectivity index (χ1) is 12.0. The number of aryl methyl sites for hydroxylation is 1. The zero-order valence-corrected chi connectivity index (χ0v) is 14.8. The summed E-state index contributed by atoms with van der Waals surface area (Å²) >= 11 is 0. The minimum Gasteiger partial charge on any atom is -0.464 e. The van der Waals surface area contributed by atoms with E-state index in [0.29, 0.717) is 6.61 Å². The Bertz CT molecular complexity index is 880. The number of hydrogen-bond donors (Lipinski definition) is 1. The second kappa shape index (κ2) is 7.53. The number of ether oxygens (including phenoxy) is 1. The van der Waals surface area contributed by atoms with Crippen LogP contribution in [-0.4, -0.2) is 12.0 Å². The Morgan fingerprint density at radius 1 is 1.20 bits per heavy atom. The Hall–Kier alpha value is -2.59. The van der Waals surface area contributed by atoms with Crippen molar-refractivity contribution in [3.8, 4) is 0 Å². The Morgan fingerprint density at radius 2 is 2.04 bits per heavy atom. The van der Waals surface area contributed by atoms with Gasteiger partial charge in [-0.3, -0.25) is 4.79 Å². The van der Waals surface area contributed by atoms with Gasteiger partial charge in [0.2, 0.25) is 5.91 Å². The largest absolute Gasteiger partial charge is 0.464 e. The zero-order chi connectivity index (χ0) is 17.8. The fraction of sp³-hybridized carbons (Fsp3) is 0.286. The maximum absolute atomic E-state index is 12.4. The van der Waals surface area contributed by atoms with Crippen LogP contribution < -0.4 is 5.32 Å². The summed E-state index contributed by atoms with van der Waals surface area (Å²) in [7, 11) is 0. The Kier molecular flexibility index (Phi) is 5.19. The van der Waals surface area contributed by atoms with Gasteiger partial charge in [0, 0.05) is 16.6 Å². The van der Waals surface area contributed by atoms with Crippen LogP contribution in [0.15, 0.2) is 53.1 Å². The van der Waals surface area contributed by atoms with Gasteiger partial charge in [0.1, 0.15) is 5.58 Å². The van der Waals surface area contributed by atoms with Gasteiger partial charge in [-0.05, 0) is 50.1 Å². The summed E-state index contributed by atoms with van der Waals surface area (Å²) < 4.78 is 11.2. The van der Waals surface area contributed by atoms with Gasteiger partial charge >= 0.3 is 0 Å². The molecule has 25 heavy (non-hydrogen) atoms. The average molecular weight is 337 g/mol. The number of anilines is 1. The molecule has 0 spiro atoms. The van der Waals surface area contributed by atoms with Crippen LogP contribution in [0.2, 0.25) is 0 Å². The van der Waals surface area contributed by atoms with Crippen molar-refractivity contribution in [1.29, 1.82) is 0 Å². The predicted octanol–water partition coefficient (Wildman–Crippen LogP) is 4.85. The average Bonchev–Trinajstić information content (AvgIpc) is 2.95. The molecule has 3 rings (SSSR count). The molecule has 1 aromatic heterocycles. The van der Waals surface area contributed by atoms with Crippen LogP contribution in [0.1, 0.15) is 30.5 Å². The molecule has 0 saturated carbocycles. The summed E-state index contributed by atoms with van der Waals surface area (Å²) in [6, 6.07) is 13.7. The van der Waals surface area contributed by atoms with Crippen LogP contribution in [-0.2, 0) is 22.6 Å². The highest BCUT2D eigenvalue weighted by Gasteiger charge is 2.11. The smallest absolute Gasteiger partial charge is 0.228 e. The van der Waals surface area contributed by atoms with Crippen LogP contribution in [0.5, 0.6) is 0 Å². The molecule has 0 aliphatic carbocycles. The quantitative estimate of drug-likeness (QED) is 0.700. The molecule has 0 aliphatic rings. The summed E-state index contributed by atoms with van der Waals surface area (Å²) in [6.07, 6.45) is 2.12. The number of rotatable bonds is 6. The third-order valence-corrected chi connectivity index (χ3v) is 3.96.